The molecule has 33 heavy (non-hydrogen) atoms. The van der Waals surface area contributed by atoms with E-state index >= 15 is 0 Å². The van der Waals surface area contributed by atoms with Crippen molar-refractivity contribution in [2.24, 2.45) is 0 Å². The van der Waals surface area contributed by atoms with Gasteiger partial charge in [0, 0.05) is 37.6 Å². The molecule has 1 N–H and O–H groups in total. The van der Waals surface area contributed by atoms with E-state index in [4.69, 9.17) is 0 Å². The number of aromatic nitrogens is 6. The molecule has 4 rings (SSSR count). The van der Waals surface area contributed by atoms with Gasteiger partial charge in [-0.25, -0.2) is 4.98 Å². The lowest BCUT2D eigenvalue weighted by Crippen LogP contribution is -2.31. The number of piperidine rings is 1. The molecule has 3 aromatic heterocycles. The van der Waals surface area contributed by atoms with Crippen molar-refractivity contribution in [1.82, 2.24) is 29.7 Å². The number of pyridine rings is 1. The first-order valence-electron chi connectivity index (χ1n) is 10.6. The number of carbonyl (C=O) groups excluding carboxylic acids is 1. The molecule has 1 saturated heterocycles. The average Bonchev–Trinajstić information content (AvgIpc) is 3.26. The molecule has 0 aromatic carbocycles. The third-order valence-corrected chi connectivity index (χ3v) is 6.04. The largest absolute Gasteiger partial charge is 0.341 e. The maximum absolute atomic E-state index is 12.7. The zero-order valence-corrected chi connectivity index (χ0v) is 18.8. The Balaban J connectivity index is 1.46. The lowest BCUT2D eigenvalue weighted by atomic mass is 10.1. The first kappa shape index (κ1) is 22.4. The molecule has 0 bridgehead atoms. The summed E-state index contributed by atoms with van der Waals surface area (Å²) in [4.78, 5) is 27.6. The predicted octanol–water partition coefficient (Wildman–Crippen LogP) is 2.91. The molecule has 1 amide bonds. The van der Waals surface area contributed by atoms with E-state index in [0.29, 0.717) is 23.5 Å². The van der Waals surface area contributed by atoms with E-state index in [2.05, 4.69) is 41.9 Å². The Kier molecular flexibility index (Phi) is 7.26. The van der Waals surface area contributed by atoms with Crippen LogP contribution in [0.2, 0.25) is 0 Å². The van der Waals surface area contributed by atoms with Crippen LogP contribution in [0.5, 0.6) is 0 Å². The summed E-state index contributed by atoms with van der Waals surface area (Å²) >= 11 is 1.25. The summed E-state index contributed by atoms with van der Waals surface area (Å²) in [5, 5.41) is 21.2. The Hall–Kier alpha value is -3.78. The number of anilines is 2. The van der Waals surface area contributed by atoms with Crippen LogP contribution in [0.3, 0.4) is 0 Å². The van der Waals surface area contributed by atoms with Gasteiger partial charge in [0.15, 0.2) is 16.8 Å². The molecule has 168 valence electrons. The van der Waals surface area contributed by atoms with Crippen LogP contribution in [-0.4, -0.2) is 54.5 Å². The topological polar surface area (TPSA) is 126 Å². The van der Waals surface area contributed by atoms with E-state index in [1.807, 2.05) is 22.8 Å². The van der Waals surface area contributed by atoms with Crippen LogP contribution in [0.1, 0.15) is 24.8 Å². The number of thioether (sulfide) groups is 1. The van der Waals surface area contributed by atoms with Crippen molar-refractivity contribution >= 4 is 29.4 Å². The molecule has 0 aliphatic carbocycles. The van der Waals surface area contributed by atoms with Crippen molar-refractivity contribution in [2.75, 3.05) is 29.1 Å². The predicted molar refractivity (Wildman–Crippen MR) is 126 cm³/mol. The highest BCUT2D eigenvalue weighted by atomic mass is 32.2. The van der Waals surface area contributed by atoms with Crippen molar-refractivity contribution in [3.8, 4) is 17.5 Å². The molecule has 0 radical (unpaired) electrons. The summed E-state index contributed by atoms with van der Waals surface area (Å²) in [6.45, 7) is 6.03. The van der Waals surface area contributed by atoms with Crippen LogP contribution in [0.25, 0.3) is 11.4 Å². The fourth-order valence-corrected chi connectivity index (χ4v) is 4.24. The highest BCUT2D eigenvalue weighted by molar-refractivity contribution is 7.99. The van der Waals surface area contributed by atoms with E-state index in [0.717, 1.165) is 31.5 Å². The number of hydrogen-bond donors (Lipinski definition) is 1. The Bertz CT molecular complexity index is 1170. The van der Waals surface area contributed by atoms with Gasteiger partial charge in [0.25, 0.3) is 0 Å². The number of rotatable bonds is 8. The highest BCUT2D eigenvalue weighted by Crippen LogP contribution is 2.24. The smallest absolute Gasteiger partial charge is 0.236 e. The van der Waals surface area contributed by atoms with Gasteiger partial charge in [-0.15, -0.1) is 16.8 Å². The molecule has 4 heterocycles. The Labute approximate surface area is 195 Å². The quantitative estimate of drug-likeness (QED) is 0.398. The number of amides is 1. The Morgan fingerprint density at radius 2 is 2.12 bits per heavy atom. The SMILES string of the molecule is C=CCn1c(SCC(=O)Nc2nc(N3CCCCC3)ncc2C#N)nnc1-c1cccnc1. The lowest BCUT2D eigenvalue weighted by Gasteiger charge is -2.26. The minimum Gasteiger partial charge on any atom is -0.341 e. The molecule has 0 spiro atoms. The standard InChI is InChI=1S/C22H23N9OS/c1-2-9-31-20(16-7-6-8-24-13-16)28-29-22(31)33-15-18(32)26-19-17(12-23)14-25-21(27-19)30-10-4-3-5-11-30/h2,6-8,13-14H,1,3-5,9-11,15H2,(H,25,26,27,32). The normalized spacial score (nSPS) is 13.4. The molecule has 3 aromatic rings. The average molecular weight is 462 g/mol. The van der Waals surface area contributed by atoms with Gasteiger partial charge >= 0.3 is 0 Å². The van der Waals surface area contributed by atoms with Gasteiger partial charge < -0.3 is 10.2 Å². The summed E-state index contributed by atoms with van der Waals surface area (Å²) < 4.78 is 1.88. The third-order valence-electron chi connectivity index (χ3n) is 5.07. The number of nitrogens with zero attached hydrogens (tertiary/aromatic N) is 8. The Morgan fingerprint density at radius 1 is 1.27 bits per heavy atom. The third kappa shape index (κ3) is 5.35. The molecular formula is C22H23N9OS. The van der Waals surface area contributed by atoms with Crippen LogP contribution in [0.15, 0.2) is 48.5 Å². The van der Waals surface area contributed by atoms with E-state index in [1.165, 1.54) is 24.4 Å². The summed E-state index contributed by atoms with van der Waals surface area (Å²) in [6, 6.07) is 5.77. The van der Waals surface area contributed by atoms with Gasteiger partial charge in [-0.2, -0.15) is 10.2 Å². The molecular weight excluding hydrogens is 438 g/mol. The second-order valence-corrected chi connectivity index (χ2v) is 8.32. The Morgan fingerprint density at radius 3 is 2.85 bits per heavy atom. The van der Waals surface area contributed by atoms with Gasteiger partial charge in [-0.3, -0.25) is 14.3 Å². The molecule has 0 unspecified atom stereocenters. The molecule has 10 nitrogen and oxygen atoms in total. The molecule has 1 aliphatic heterocycles. The van der Waals surface area contributed by atoms with Gasteiger partial charge in [-0.05, 0) is 31.4 Å². The minimum atomic E-state index is -0.295. The first-order chi connectivity index (χ1) is 16.2. The van der Waals surface area contributed by atoms with Crippen LogP contribution in [0, 0.1) is 11.3 Å². The second-order valence-electron chi connectivity index (χ2n) is 7.38. The number of nitrogens with one attached hydrogen (secondary N) is 1. The summed E-state index contributed by atoms with van der Waals surface area (Å²) in [5.74, 6) is 1.19. The number of nitriles is 1. The van der Waals surface area contributed by atoms with Crippen molar-refractivity contribution < 1.29 is 4.79 Å². The maximum Gasteiger partial charge on any atom is 0.236 e. The van der Waals surface area contributed by atoms with Crippen LogP contribution in [0.4, 0.5) is 11.8 Å². The summed E-state index contributed by atoms with van der Waals surface area (Å²) in [6.07, 6.45) is 9.95. The van der Waals surface area contributed by atoms with Crippen molar-refractivity contribution in [1.29, 1.82) is 5.26 Å². The molecule has 0 saturated carbocycles. The molecule has 0 atom stereocenters. The number of hydrogen-bond acceptors (Lipinski definition) is 9. The molecule has 1 aliphatic rings. The summed E-state index contributed by atoms with van der Waals surface area (Å²) in [7, 11) is 0. The summed E-state index contributed by atoms with van der Waals surface area (Å²) in [5.41, 5.74) is 1.05. The van der Waals surface area contributed by atoms with Crippen LogP contribution >= 0.6 is 11.8 Å². The maximum atomic E-state index is 12.7. The van der Waals surface area contributed by atoms with Crippen LogP contribution in [-0.2, 0) is 11.3 Å². The molecule has 11 heteroatoms. The highest BCUT2D eigenvalue weighted by Gasteiger charge is 2.18. The van der Waals surface area contributed by atoms with Gasteiger partial charge in [-0.1, -0.05) is 17.8 Å². The number of carbonyl (C=O) groups is 1. The van der Waals surface area contributed by atoms with Crippen molar-refractivity contribution in [3.63, 3.8) is 0 Å². The van der Waals surface area contributed by atoms with E-state index in [9.17, 15) is 10.1 Å². The van der Waals surface area contributed by atoms with Gasteiger partial charge in [0.1, 0.15) is 11.6 Å². The fraction of sp³-hybridized carbons (Fsp3) is 0.318. The fourth-order valence-electron chi connectivity index (χ4n) is 3.49. The first-order valence-corrected chi connectivity index (χ1v) is 11.6. The van der Waals surface area contributed by atoms with Crippen LogP contribution < -0.4 is 10.2 Å². The van der Waals surface area contributed by atoms with E-state index in [-0.39, 0.29) is 23.0 Å². The zero-order valence-electron chi connectivity index (χ0n) is 18.0. The van der Waals surface area contributed by atoms with Crippen molar-refractivity contribution in [3.05, 3.63) is 48.9 Å². The second kappa shape index (κ2) is 10.7. The zero-order chi connectivity index (χ0) is 23.0. The molecule has 1 fully saturated rings. The van der Waals surface area contributed by atoms with Gasteiger partial charge in [0.2, 0.25) is 11.9 Å². The monoisotopic (exact) mass is 461 g/mol. The van der Waals surface area contributed by atoms with Crippen molar-refractivity contribution in [2.45, 2.75) is 31.0 Å². The van der Waals surface area contributed by atoms with E-state index in [1.54, 1.807) is 18.5 Å². The van der Waals surface area contributed by atoms with Gasteiger partial charge in [0.05, 0.1) is 11.9 Å². The van der Waals surface area contributed by atoms with E-state index < -0.39 is 0 Å². The minimum absolute atomic E-state index is 0.0796. The number of allylic oxidation sites excluding steroid dienone is 1. The lowest BCUT2D eigenvalue weighted by molar-refractivity contribution is -0.113.